The molecular weight excluding hydrogens is 383 g/mol. The molecule has 6 heteroatoms. The van der Waals surface area contributed by atoms with Crippen LogP contribution in [-0.2, 0) is 4.79 Å². The number of hydrogen-bond acceptors (Lipinski definition) is 3. The highest BCUT2D eigenvalue weighted by molar-refractivity contribution is 6.31. The molecule has 27 heavy (non-hydrogen) atoms. The summed E-state index contributed by atoms with van der Waals surface area (Å²) in [5, 5.41) is 3.15. The Labute approximate surface area is 168 Å². The van der Waals surface area contributed by atoms with Crippen LogP contribution in [0.15, 0.2) is 78.9 Å². The first-order chi connectivity index (χ1) is 12.6. The lowest BCUT2D eigenvalue weighted by molar-refractivity contribution is -0.117. The van der Waals surface area contributed by atoms with Gasteiger partial charge >= 0.3 is 0 Å². The molecule has 0 aliphatic heterocycles. The number of rotatable bonds is 5. The minimum Gasteiger partial charge on any atom is -0.324 e. The Kier molecular flexibility index (Phi) is 7.13. The van der Waals surface area contributed by atoms with E-state index >= 15 is 0 Å². The summed E-state index contributed by atoms with van der Waals surface area (Å²) in [5.74, 6) is -0.627. The van der Waals surface area contributed by atoms with Crippen molar-refractivity contribution in [2.45, 2.75) is 6.04 Å². The number of nitrogens with two attached hydrogens (primary N) is 1. The molecule has 0 aliphatic rings. The molecule has 0 aromatic heterocycles. The largest absolute Gasteiger partial charge is 0.324 e. The van der Waals surface area contributed by atoms with Crippen LogP contribution in [0.2, 0.25) is 5.02 Å². The highest BCUT2D eigenvalue weighted by Gasteiger charge is 2.20. The molecule has 3 N–H and O–H groups in total. The fourth-order valence-electron chi connectivity index (χ4n) is 2.58. The van der Waals surface area contributed by atoms with Gasteiger partial charge in [-0.25, -0.2) is 0 Å². The SMILES string of the molecule is Cl.N[C@@H](C(=O)Nc1ccc(Cl)cc1C(=O)c1ccccc1)c1ccccc1. The Balaban J connectivity index is 0.00000261. The predicted molar refractivity (Wildman–Crippen MR) is 111 cm³/mol. The summed E-state index contributed by atoms with van der Waals surface area (Å²) in [4.78, 5) is 25.3. The van der Waals surface area contributed by atoms with Gasteiger partial charge in [0.15, 0.2) is 5.78 Å². The number of ketones is 1. The highest BCUT2D eigenvalue weighted by atomic mass is 35.5. The zero-order chi connectivity index (χ0) is 18.5. The van der Waals surface area contributed by atoms with Gasteiger partial charge in [0.25, 0.3) is 0 Å². The van der Waals surface area contributed by atoms with Crippen LogP contribution in [0, 0.1) is 0 Å². The first-order valence-corrected chi connectivity index (χ1v) is 8.45. The maximum Gasteiger partial charge on any atom is 0.245 e. The van der Waals surface area contributed by atoms with E-state index < -0.39 is 11.9 Å². The number of carbonyl (C=O) groups is 2. The molecule has 1 amide bonds. The summed E-state index contributed by atoms with van der Waals surface area (Å²) >= 11 is 6.05. The molecule has 0 heterocycles. The fourth-order valence-corrected chi connectivity index (χ4v) is 2.75. The highest BCUT2D eigenvalue weighted by Crippen LogP contribution is 2.25. The van der Waals surface area contributed by atoms with Crippen molar-refractivity contribution in [2.24, 2.45) is 5.73 Å². The Morgan fingerprint density at radius 2 is 1.48 bits per heavy atom. The molecule has 0 radical (unpaired) electrons. The third-order valence-electron chi connectivity index (χ3n) is 3.96. The van der Waals surface area contributed by atoms with Crippen molar-refractivity contribution >= 4 is 41.4 Å². The first kappa shape index (κ1) is 20.6. The molecule has 3 rings (SSSR count). The van der Waals surface area contributed by atoms with Gasteiger partial charge in [-0.05, 0) is 23.8 Å². The van der Waals surface area contributed by atoms with E-state index in [4.69, 9.17) is 17.3 Å². The lowest BCUT2D eigenvalue weighted by atomic mass is 10.0. The van der Waals surface area contributed by atoms with E-state index in [1.165, 1.54) is 0 Å². The van der Waals surface area contributed by atoms with Crippen LogP contribution in [-0.4, -0.2) is 11.7 Å². The van der Waals surface area contributed by atoms with Crippen LogP contribution in [0.3, 0.4) is 0 Å². The van der Waals surface area contributed by atoms with Crippen LogP contribution in [0.1, 0.15) is 27.5 Å². The normalized spacial score (nSPS) is 11.2. The van der Waals surface area contributed by atoms with Gasteiger partial charge in [-0.3, -0.25) is 9.59 Å². The number of hydrogen-bond donors (Lipinski definition) is 2. The molecule has 138 valence electrons. The number of nitrogens with one attached hydrogen (secondary N) is 1. The maximum atomic E-state index is 12.8. The van der Waals surface area contributed by atoms with Crippen LogP contribution in [0.5, 0.6) is 0 Å². The van der Waals surface area contributed by atoms with E-state index in [1.807, 2.05) is 24.3 Å². The average Bonchev–Trinajstić information content (AvgIpc) is 2.69. The minimum atomic E-state index is -0.841. The van der Waals surface area contributed by atoms with E-state index in [0.29, 0.717) is 27.4 Å². The Bertz CT molecular complexity index is 931. The summed E-state index contributed by atoms with van der Waals surface area (Å²) in [7, 11) is 0. The quantitative estimate of drug-likeness (QED) is 0.613. The van der Waals surface area contributed by atoms with Crippen molar-refractivity contribution < 1.29 is 9.59 Å². The van der Waals surface area contributed by atoms with Crippen molar-refractivity contribution in [1.82, 2.24) is 0 Å². The maximum absolute atomic E-state index is 12.8. The standard InChI is InChI=1S/C21H17ClN2O2.ClH/c22-16-11-12-18(17(13-16)20(25)15-9-5-2-6-10-15)24-21(26)19(23)14-7-3-1-4-8-14;/h1-13,19H,23H2,(H,24,26);1H/t19-;/m1./s1. The average molecular weight is 401 g/mol. The number of halogens is 2. The monoisotopic (exact) mass is 400 g/mol. The zero-order valence-electron chi connectivity index (χ0n) is 14.3. The van der Waals surface area contributed by atoms with E-state index in [0.717, 1.165) is 0 Å². The van der Waals surface area contributed by atoms with E-state index in [2.05, 4.69) is 5.32 Å². The Morgan fingerprint density at radius 3 is 2.11 bits per heavy atom. The second kappa shape index (κ2) is 9.33. The molecule has 0 spiro atoms. The van der Waals surface area contributed by atoms with Gasteiger partial charge in [-0.2, -0.15) is 0 Å². The van der Waals surface area contributed by atoms with Crippen LogP contribution in [0.4, 0.5) is 5.69 Å². The molecule has 3 aromatic rings. The Morgan fingerprint density at radius 1 is 0.889 bits per heavy atom. The summed E-state index contributed by atoms with van der Waals surface area (Å²) < 4.78 is 0. The predicted octanol–water partition coefficient (Wildman–Crippen LogP) is 4.63. The van der Waals surface area contributed by atoms with Crippen molar-refractivity contribution in [1.29, 1.82) is 0 Å². The second-order valence-corrected chi connectivity index (χ2v) is 6.20. The third-order valence-corrected chi connectivity index (χ3v) is 4.20. The molecule has 0 unspecified atom stereocenters. The van der Waals surface area contributed by atoms with Gasteiger partial charge in [-0.15, -0.1) is 12.4 Å². The van der Waals surface area contributed by atoms with Gasteiger partial charge in [0, 0.05) is 16.1 Å². The first-order valence-electron chi connectivity index (χ1n) is 8.07. The summed E-state index contributed by atoms with van der Waals surface area (Å²) in [5.41, 5.74) is 7.92. The van der Waals surface area contributed by atoms with Crippen molar-refractivity contribution in [3.8, 4) is 0 Å². The van der Waals surface area contributed by atoms with Gasteiger partial charge < -0.3 is 11.1 Å². The zero-order valence-corrected chi connectivity index (χ0v) is 15.8. The van der Waals surface area contributed by atoms with Crippen molar-refractivity contribution in [3.05, 3.63) is 101 Å². The lowest BCUT2D eigenvalue weighted by Crippen LogP contribution is -2.28. The molecule has 3 aromatic carbocycles. The molecule has 0 aliphatic carbocycles. The molecule has 0 bridgehead atoms. The molecular formula is C21H18Cl2N2O2. The molecule has 0 fully saturated rings. The van der Waals surface area contributed by atoms with E-state index in [-0.39, 0.29) is 18.2 Å². The Hall–Kier alpha value is -2.66. The number of amides is 1. The smallest absolute Gasteiger partial charge is 0.245 e. The van der Waals surface area contributed by atoms with Gasteiger partial charge in [0.1, 0.15) is 6.04 Å². The van der Waals surface area contributed by atoms with Gasteiger partial charge in [0.05, 0.1) is 5.69 Å². The van der Waals surface area contributed by atoms with Crippen molar-refractivity contribution in [3.63, 3.8) is 0 Å². The number of benzene rings is 3. The molecule has 0 saturated carbocycles. The third kappa shape index (κ3) is 4.95. The van der Waals surface area contributed by atoms with Gasteiger partial charge in [-0.1, -0.05) is 72.3 Å². The van der Waals surface area contributed by atoms with E-state index in [9.17, 15) is 9.59 Å². The minimum absolute atomic E-state index is 0. The van der Waals surface area contributed by atoms with Crippen LogP contribution < -0.4 is 11.1 Å². The second-order valence-electron chi connectivity index (χ2n) is 5.76. The topological polar surface area (TPSA) is 72.2 Å². The molecule has 1 atom stereocenters. The summed E-state index contributed by atoms with van der Waals surface area (Å²) in [6, 6.07) is 21.8. The number of carbonyl (C=O) groups excluding carboxylic acids is 2. The van der Waals surface area contributed by atoms with Crippen molar-refractivity contribution in [2.75, 3.05) is 5.32 Å². The van der Waals surface area contributed by atoms with E-state index in [1.54, 1.807) is 54.6 Å². The number of anilines is 1. The van der Waals surface area contributed by atoms with Crippen LogP contribution >= 0.6 is 24.0 Å². The summed E-state index contributed by atoms with van der Waals surface area (Å²) in [6.07, 6.45) is 0. The van der Waals surface area contributed by atoms with Gasteiger partial charge in [0.2, 0.25) is 5.91 Å². The summed E-state index contributed by atoms with van der Waals surface area (Å²) in [6.45, 7) is 0. The van der Waals surface area contributed by atoms with Crippen LogP contribution in [0.25, 0.3) is 0 Å². The fraction of sp³-hybridized carbons (Fsp3) is 0.0476. The molecule has 0 saturated heterocycles. The lowest BCUT2D eigenvalue weighted by Gasteiger charge is -2.15. The molecule has 4 nitrogen and oxygen atoms in total.